The van der Waals surface area contributed by atoms with E-state index in [-0.39, 0.29) is 0 Å². The summed E-state index contributed by atoms with van der Waals surface area (Å²) >= 11 is 7.45. The first-order valence-corrected chi connectivity index (χ1v) is 6.78. The number of nitrogens with zero attached hydrogens (tertiary/aromatic N) is 2. The monoisotopic (exact) mass is 267 g/mol. The van der Waals surface area contributed by atoms with Crippen LogP contribution in [0.5, 0.6) is 0 Å². The molecular formula is C12H14ClN3S. The number of benzene rings is 1. The lowest BCUT2D eigenvalue weighted by molar-refractivity contribution is 0.877. The van der Waals surface area contributed by atoms with Crippen molar-refractivity contribution in [2.24, 2.45) is 0 Å². The van der Waals surface area contributed by atoms with Crippen molar-refractivity contribution in [1.29, 1.82) is 0 Å². The highest BCUT2D eigenvalue weighted by Crippen LogP contribution is 2.17. The highest BCUT2D eigenvalue weighted by Gasteiger charge is 2.02. The fourth-order valence-corrected chi connectivity index (χ4v) is 2.38. The number of hydrogen-bond acceptors (Lipinski definition) is 4. The normalized spacial score (nSPS) is 10.5. The van der Waals surface area contributed by atoms with E-state index in [0.29, 0.717) is 0 Å². The summed E-state index contributed by atoms with van der Waals surface area (Å²) < 4.78 is 0. The Bertz CT molecular complexity index is 467. The average molecular weight is 268 g/mol. The first-order chi connectivity index (χ1) is 8.28. The first kappa shape index (κ1) is 12.3. The van der Waals surface area contributed by atoms with Crippen LogP contribution in [0.25, 0.3) is 0 Å². The average Bonchev–Trinajstić information content (AvgIpc) is 2.77. The number of halogens is 1. The Morgan fingerprint density at radius 2 is 2.00 bits per heavy atom. The summed E-state index contributed by atoms with van der Waals surface area (Å²) in [6.07, 6.45) is 2.10. The van der Waals surface area contributed by atoms with E-state index in [1.165, 1.54) is 5.56 Å². The molecule has 3 nitrogen and oxygen atoms in total. The van der Waals surface area contributed by atoms with Gasteiger partial charge in [0.05, 0.1) is 0 Å². The molecule has 17 heavy (non-hydrogen) atoms. The fraction of sp³-hybridized carbons (Fsp3) is 0.333. The standard InChI is InChI=1S/C12H14ClN3S/c1-2-3-11-15-16-12(17-11)14-8-9-4-6-10(13)7-5-9/h4-7H,2-3,8H2,1H3,(H,14,16). The number of hydrogen-bond donors (Lipinski definition) is 1. The van der Waals surface area contributed by atoms with Crippen LogP contribution in [0.15, 0.2) is 24.3 Å². The summed E-state index contributed by atoms with van der Waals surface area (Å²) in [5.41, 5.74) is 1.18. The molecule has 0 atom stereocenters. The van der Waals surface area contributed by atoms with Gasteiger partial charge >= 0.3 is 0 Å². The SMILES string of the molecule is CCCc1nnc(NCc2ccc(Cl)cc2)s1. The fourth-order valence-electron chi connectivity index (χ4n) is 1.42. The molecule has 0 spiro atoms. The van der Waals surface area contributed by atoms with Gasteiger partial charge in [-0.05, 0) is 24.1 Å². The summed E-state index contributed by atoms with van der Waals surface area (Å²) in [5, 5.41) is 14.2. The number of aryl methyl sites for hydroxylation is 1. The Morgan fingerprint density at radius 1 is 1.24 bits per heavy atom. The van der Waals surface area contributed by atoms with Crippen molar-refractivity contribution in [3.63, 3.8) is 0 Å². The third-order valence-corrected chi connectivity index (χ3v) is 3.48. The van der Waals surface area contributed by atoms with Crippen LogP contribution in [0.3, 0.4) is 0 Å². The Morgan fingerprint density at radius 3 is 2.71 bits per heavy atom. The minimum atomic E-state index is 0.748. The topological polar surface area (TPSA) is 37.8 Å². The molecule has 0 unspecified atom stereocenters. The van der Waals surface area contributed by atoms with Crippen LogP contribution in [0, 0.1) is 0 Å². The predicted octanol–water partition coefficient (Wildman–Crippen LogP) is 3.76. The van der Waals surface area contributed by atoms with Gasteiger partial charge < -0.3 is 5.32 Å². The van der Waals surface area contributed by atoms with Crippen LogP contribution in [0.1, 0.15) is 23.9 Å². The Kier molecular flexibility index (Phi) is 4.34. The van der Waals surface area contributed by atoms with E-state index in [1.54, 1.807) is 11.3 Å². The third kappa shape index (κ3) is 3.68. The van der Waals surface area contributed by atoms with Gasteiger partial charge in [-0.1, -0.05) is 42.0 Å². The van der Waals surface area contributed by atoms with Gasteiger partial charge in [0.2, 0.25) is 5.13 Å². The van der Waals surface area contributed by atoms with E-state index < -0.39 is 0 Å². The molecule has 0 radical (unpaired) electrons. The Balaban J connectivity index is 1.90. The van der Waals surface area contributed by atoms with Gasteiger partial charge in [0.25, 0.3) is 0 Å². The molecule has 2 rings (SSSR count). The summed E-state index contributed by atoms with van der Waals surface area (Å²) in [7, 11) is 0. The first-order valence-electron chi connectivity index (χ1n) is 5.58. The maximum atomic E-state index is 5.83. The van der Waals surface area contributed by atoms with Gasteiger partial charge in [-0.15, -0.1) is 10.2 Å². The van der Waals surface area contributed by atoms with Gasteiger partial charge in [-0.25, -0.2) is 0 Å². The van der Waals surface area contributed by atoms with Crippen LogP contribution in [0.2, 0.25) is 5.02 Å². The van der Waals surface area contributed by atoms with Crippen LogP contribution >= 0.6 is 22.9 Å². The Labute approximate surface area is 110 Å². The molecule has 0 amide bonds. The summed E-state index contributed by atoms with van der Waals surface area (Å²) in [6, 6.07) is 7.79. The second kappa shape index (κ2) is 5.98. The molecule has 0 fully saturated rings. The Hall–Kier alpha value is -1.13. The molecular weight excluding hydrogens is 254 g/mol. The molecule has 5 heteroatoms. The maximum Gasteiger partial charge on any atom is 0.205 e. The summed E-state index contributed by atoms with van der Waals surface area (Å²) in [5.74, 6) is 0. The van der Waals surface area contributed by atoms with Crippen molar-refractivity contribution in [3.8, 4) is 0 Å². The largest absolute Gasteiger partial charge is 0.356 e. The highest BCUT2D eigenvalue weighted by atomic mass is 35.5. The number of rotatable bonds is 5. The quantitative estimate of drug-likeness (QED) is 0.896. The van der Waals surface area contributed by atoms with Crippen molar-refractivity contribution in [3.05, 3.63) is 39.9 Å². The lowest BCUT2D eigenvalue weighted by atomic mass is 10.2. The lowest BCUT2D eigenvalue weighted by Gasteiger charge is -2.01. The molecule has 1 N–H and O–H groups in total. The predicted molar refractivity (Wildman–Crippen MR) is 72.7 cm³/mol. The molecule has 0 saturated carbocycles. The van der Waals surface area contributed by atoms with Gasteiger partial charge in [0.15, 0.2) is 0 Å². The van der Waals surface area contributed by atoms with Crippen molar-refractivity contribution in [1.82, 2.24) is 10.2 Å². The molecule has 1 aromatic heterocycles. The van der Waals surface area contributed by atoms with Crippen molar-refractivity contribution in [2.75, 3.05) is 5.32 Å². The van der Waals surface area contributed by atoms with Crippen molar-refractivity contribution in [2.45, 2.75) is 26.3 Å². The minimum absolute atomic E-state index is 0.748. The van der Waals surface area contributed by atoms with Gasteiger partial charge in [-0.2, -0.15) is 0 Å². The zero-order valence-electron chi connectivity index (χ0n) is 9.61. The smallest absolute Gasteiger partial charge is 0.205 e. The van der Waals surface area contributed by atoms with Gasteiger partial charge in [0, 0.05) is 18.0 Å². The maximum absolute atomic E-state index is 5.83. The van der Waals surface area contributed by atoms with E-state index in [9.17, 15) is 0 Å². The molecule has 2 aromatic rings. The number of aromatic nitrogens is 2. The molecule has 0 saturated heterocycles. The number of nitrogens with one attached hydrogen (secondary N) is 1. The minimum Gasteiger partial charge on any atom is -0.356 e. The third-order valence-electron chi connectivity index (χ3n) is 2.29. The molecule has 0 aliphatic heterocycles. The molecule has 1 aromatic carbocycles. The van der Waals surface area contributed by atoms with Crippen LogP contribution in [-0.2, 0) is 13.0 Å². The second-order valence-electron chi connectivity index (χ2n) is 3.73. The van der Waals surface area contributed by atoms with Crippen molar-refractivity contribution < 1.29 is 0 Å². The molecule has 0 bridgehead atoms. The van der Waals surface area contributed by atoms with Crippen LogP contribution < -0.4 is 5.32 Å². The zero-order valence-corrected chi connectivity index (χ0v) is 11.2. The molecule has 0 aliphatic carbocycles. The van der Waals surface area contributed by atoms with E-state index in [1.807, 2.05) is 24.3 Å². The van der Waals surface area contributed by atoms with E-state index in [2.05, 4.69) is 22.4 Å². The van der Waals surface area contributed by atoms with E-state index in [0.717, 1.165) is 34.5 Å². The second-order valence-corrected chi connectivity index (χ2v) is 5.23. The van der Waals surface area contributed by atoms with Crippen LogP contribution in [-0.4, -0.2) is 10.2 Å². The molecule has 90 valence electrons. The molecule has 1 heterocycles. The van der Waals surface area contributed by atoms with Crippen LogP contribution in [0.4, 0.5) is 5.13 Å². The summed E-state index contributed by atoms with van der Waals surface area (Å²) in [6.45, 7) is 2.89. The zero-order chi connectivity index (χ0) is 12.1. The lowest BCUT2D eigenvalue weighted by Crippen LogP contribution is -1.98. The summed E-state index contributed by atoms with van der Waals surface area (Å²) in [4.78, 5) is 0. The molecule has 0 aliphatic rings. The highest BCUT2D eigenvalue weighted by molar-refractivity contribution is 7.15. The van der Waals surface area contributed by atoms with E-state index in [4.69, 9.17) is 11.6 Å². The van der Waals surface area contributed by atoms with Gasteiger partial charge in [0.1, 0.15) is 5.01 Å². The number of anilines is 1. The van der Waals surface area contributed by atoms with Gasteiger partial charge in [-0.3, -0.25) is 0 Å². The van der Waals surface area contributed by atoms with Crippen molar-refractivity contribution >= 4 is 28.1 Å². The van der Waals surface area contributed by atoms with E-state index >= 15 is 0 Å².